The van der Waals surface area contributed by atoms with Gasteiger partial charge >= 0.3 is 0 Å². The zero-order chi connectivity index (χ0) is 19.8. The van der Waals surface area contributed by atoms with E-state index in [4.69, 9.17) is 0 Å². The molecule has 0 heterocycles. The van der Waals surface area contributed by atoms with Crippen LogP contribution in [0.25, 0.3) is 0 Å². The molecule has 0 saturated heterocycles. The van der Waals surface area contributed by atoms with Crippen LogP contribution in [0.1, 0.15) is 70.2 Å². The van der Waals surface area contributed by atoms with E-state index in [1.54, 1.807) is 12.1 Å². The number of hydrogen-bond acceptors (Lipinski definition) is 3. The molecule has 1 saturated carbocycles. The Morgan fingerprint density at radius 2 is 1.74 bits per heavy atom. The molecule has 0 aliphatic heterocycles. The van der Waals surface area contributed by atoms with E-state index in [9.17, 15) is 9.59 Å². The third kappa shape index (κ3) is 6.65. The summed E-state index contributed by atoms with van der Waals surface area (Å²) in [5.74, 6) is 0.178. The smallest absolute Gasteiger partial charge is 0.253 e. The first-order valence-electron chi connectivity index (χ1n) is 10.3. The minimum atomic E-state index is -0.146. The van der Waals surface area contributed by atoms with E-state index in [2.05, 4.69) is 43.2 Å². The topological polar surface area (TPSA) is 61.4 Å². The largest absolute Gasteiger partial charge is 0.352 e. The van der Waals surface area contributed by atoms with Crippen LogP contribution in [-0.2, 0) is 4.79 Å². The lowest BCUT2D eigenvalue weighted by molar-refractivity contribution is -0.118. The molecule has 0 bridgehead atoms. The highest BCUT2D eigenvalue weighted by atomic mass is 16.2. The Kier molecular flexibility index (Phi) is 8.29. The second-order valence-corrected chi connectivity index (χ2v) is 8.26. The third-order valence-corrected chi connectivity index (χ3v) is 5.15. The summed E-state index contributed by atoms with van der Waals surface area (Å²) in [5.41, 5.74) is 1.09. The molecule has 2 rings (SSSR count). The lowest BCUT2D eigenvalue weighted by atomic mass is 9.93. The van der Waals surface area contributed by atoms with E-state index >= 15 is 0 Å². The summed E-state index contributed by atoms with van der Waals surface area (Å²) in [6.45, 7) is 9.39. The Hall–Kier alpha value is -1.88. The number of rotatable bonds is 8. The van der Waals surface area contributed by atoms with E-state index in [0.717, 1.165) is 0 Å². The molecule has 1 fully saturated rings. The van der Waals surface area contributed by atoms with Crippen LogP contribution in [0.15, 0.2) is 24.3 Å². The van der Waals surface area contributed by atoms with Crippen LogP contribution in [-0.4, -0.2) is 41.9 Å². The Morgan fingerprint density at radius 3 is 2.37 bits per heavy atom. The van der Waals surface area contributed by atoms with Gasteiger partial charge in [0.2, 0.25) is 5.91 Å². The van der Waals surface area contributed by atoms with Crippen molar-refractivity contribution in [3.63, 3.8) is 0 Å². The average Bonchev–Trinajstić information content (AvgIpc) is 2.65. The number of para-hydroxylation sites is 1. The number of nitrogens with zero attached hydrogens (tertiary/aromatic N) is 1. The molecule has 1 aliphatic rings. The van der Waals surface area contributed by atoms with Gasteiger partial charge in [0.15, 0.2) is 0 Å². The Bertz CT molecular complexity index is 622. The molecule has 0 aromatic heterocycles. The number of carbonyl (C=O) groups excluding carboxylic acids is 2. The molecule has 2 N–H and O–H groups in total. The zero-order valence-corrected chi connectivity index (χ0v) is 17.3. The predicted octanol–water partition coefficient (Wildman–Crippen LogP) is 4.05. The van der Waals surface area contributed by atoms with Crippen LogP contribution in [0.2, 0.25) is 0 Å². The SMILES string of the molecule is CC(C)CNC(=O)c1ccccc1NC(=O)CN(C(C)C)C1CCCCC1. The van der Waals surface area contributed by atoms with Crippen LogP contribution in [0.3, 0.4) is 0 Å². The highest BCUT2D eigenvalue weighted by Crippen LogP contribution is 2.24. The molecule has 5 heteroatoms. The number of carbonyl (C=O) groups is 2. The fraction of sp³-hybridized carbons (Fsp3) is 0.636. The van der Waals surface area contributed by atoms with Gasteiger partial charge in [0, 0.05) is 18.6 Å². The fourth-order valence-electron chi connectivity index (χ4n) is 3.68. The first kappa shape index (κ1) is 21.4. The summed E-state index contributed by atoms with van der Waals surface area (Å²) < 4.78 is 0. The first-order valence-corrected chi connectivity index (χ1v) is 10.3. The van der Waals surface area contributed by atoms with E-state index in [1.165, 1.54) is 32.1 Å². The van der Waals surface area contributed by atoms with Crippen LogP contribution in [0.4, 0.5) is 5.69 Å². The van der Waals surface area contributed by atoms with Crippen LogP contribution in [0, 0.1) is 5.92 Å². The molecule has 5 nitrogen and oxygen atoms in total. The normalized spacial score (nSPS) is 15.4. The summed E-state index contributed by atoms with van der Waals surface area (Å²) in [6, 6.07) is 8.02. The summed E-state index contributed by atoms with van der Waals surface area (Å²) in [5, 5.41) is 5.88. The van der Waals surface area contributed by atoms with Gasteiger partial charge in [-0.05, 0) is 44.7 Å². The van der Waals surface area contributed by atoms with Gasteiger partial charge in [0.25, 0.3) is 5.91 Å². The second kappa shape index (κ2) is 10.5. The van der Waals surface area contributed by atoms with Gasteiger partial charge in [0.1, 0.15) is 0 Å². The first-order chi connectivity index (χ1) is 12.9. The second-order valence-electron chi connectivity index (χ2n) is 8.26. The van der Waals surface area contributed by atoms with Crippen molar-refractivity contribution < 1.29 is 9.59 Å². The molecular weight excluding hydrogens is 338 g/mol. The average molecular weight is 374 g/mol. The van der Waals surface area contributed by atoms with E-state index in [0.29, 0.717) is 42.3 Å². The van der Waals surface area contributed by atoms with Gasteiger partial charge in [-0.3, -0.25) is 14.5 Å². The molecular formula is C22H35N3O2. The van der Waals surface area contributed by atoms with Crippen molar-refractivity contribution in [1.82, 2.24) is 10.2 Å². The van der Waals surface area contributed by atoms with Gasteiger partial charge in [-0.15, -0.1) is 0 Å². The highest BCUT2D eigenvalue weighted by molar-refractivity contribution is 6.04. The van der Waals surface area contributed by atoms with Crippen molar-refractivity contribution in [2.24, 2.45) is 5.92 Å². The number of anilines is 1. The van der Waals surface area contributed by atoms with E-state index < -0.39 is 0 Å². The zero-order valence-electron chi connectivity index (χ0n) is 17.3. The summed E-state index contributed by atoms with van der Waals surface area (Å²) in [7, 11) is 0. The van der Waals surface area contributed by atoms with Crippen molar-refractivity contribution in [1.29, 1.82) is 0 Å². The number of hydrogen-bond donors (Lipinski definition) is 2. The van der Waals surface area contributed by atoms with Crippen LogP contribution in [0.5, 0.6) is 0 Å². The fourth-order valence-corrected chi connectivity index (χ4v) is 3.68. The van der Waals surface area contributed by atoms with Gasteiger partial charge in [0.05, 0.1) is 17.8 Å². The van der Waals surface area contributed by atoms with Gasteiger partial charge in [-0.2, -0.15) is 0 Å². The molecule has 0 atom stereocenters. The minimum absolute atomic E-state index is 0.0571. The lowest BCUT2D eigenvalue weighted by Gasteiger charge is -2.36. The highest BCUT2D eigenvalue weighted by Gasteiger charge is 2.25. The van der Waals surface area contributed by atoms with Crippen LogP contribution >= 0.6 is 0 Å². The molecule has 2 amide bonds. The molecule has 27 heavy (non-hydrogen) atoms. The lowest BCUT2D eigenvalue weighted by Crippen LogP contribution is -2.45. The summed E-state index contributed by atoms with van der Waals surface area (Å²) >= 11 is 0. The van der Waals surface area contributed by atoms with Gasteiger partial charge in [-0.25, -0.2) is 0 Å². The van der Waals surface area contributed by atoms with E-state index in [-0.39, 0.29) is 11.8 Å². The maximum atomic E-state index is 12.7. The van der Waals surface area contributed by atoms with E-state index in [1.807, 2.05) is 12.1 Å². The molecule has 0 unspecified atom stereocenters. The van der Waals surface area contributed by atoms with Gasteiger partial charge in [-0.1, -0.05) is 45.2 Å². The third-order valence-electron chi connectivity index (χ3n) is 5.15. The Balaban J connectivity index is 2.02. The molecule has 150 valence electrons. The molecule has 1 aliphatic carbocycles. The van der Waals surface area contributed by atoms with Crippen molar-refractivity contribution >= 4 is 17.5 Å². The van der Waals surface area contributed by atoms with Crippen LogP contribution < -0.4 is 10.6 Å². The number of nitrogens with one attached hydrogen (secondary N) is 2. The quantitative estimate of drug-likeness (QED) is 0.722. The molecule has 1 aromatic carbocycles. The standard InChI is InChI=1S/C22H35N3O2/c1-16(2)14-23-22(27)19-12-8-9-13-20(19)24-21(26)15-25(17(3)4)18-10-6-5-7-11-18/h8-9,12-13,16-18H,5-7,10-11,14-15H2,1-4H3,(H,23,27)(H,24,26). The van der Waals surface area contributed by atoms with Crippen molar-refractivity contribution in [3.8, 4) is 0 Å². The number of amides is 2. The maximum absolute atomic E-state index is 12.7. The summed E-state index contributed by atoms with van der Waals surface area (Å²) in [6.07, 6.45) is 6.12. The maximum Gasteiger partial charge on any atom is 0.253 e. The van der Waals surface area contributed by atoms with Crippen molar-refractivity contribution in [2.75, 3.05) is 18.4 Å². The summed E-state index contributed by atoms with van der Waals surface area (Å²) in [4.78, 5) is 27.5. The monoisotopic (exact) mass is 373 g/mol. The Labute approximate surface area is 163 Å². The van der Waals surface area contributed by atoms with Crippen molar-refractivity contribution in [2.45, 2.75) is 71.9 Å². The Morgan fingerprint density at radius 1 is 1.07 bits per heavy atom. The van der Waals surface area contributed by atoms with Gasteiger partial charge < -0.3 is 10.6 Å². The number of benzene rings is 1. The predicted molar refractivity (Wildman–Crippen MR) is 111 cm³/mol. The molecule has 0 spiro atoms. The molecule has 0 radical (unpaired) electrons. The van der Waals surface area contributed by atoms with Crippen molar-refractivity contribution in [3.05, 3.63) is 29.8 Å². The molecule has 1 aromatic rings. The minimum Gasteiger partial charge on any atom is -0.352 e.